The van der Waals surface area contributed by atoms with E-state index in [0.29, 0.717) is 11.6 Å². The van der Waals surface area contributed by atoms with Gasteiger partial charge in [0.05, 0.1) is 9.82 Å². The lowest BCUT2D eigenvalue weighted by atomic mass is 9.92. The Morgan fingerprint density at radius 2 is 2.23 bits per heavy atom. The normalized spacial score (nSPS) is 20.4. The number of hydrogen-bond donors (Lipinski definition) is 3. The molecule has 9 heteroatoms. The fraction of sp³-hybridized carbons (Fsp3) is 0.538. The van der Waals surface area contributed by atoms with Crippen LogP contribution in [0.5, 0.6) is 0 Å². The second kappa shape index (κ2) is 6.59. The van der Waals surface area contributed by atoms with E-state index in [1.807, 2.05) is 6.92 Å². The first kappa shape index (κ1) is 16.7. The predicted molar refractivity (Wildman–Crippen MR) is 83.1 cm³/mol. The van der Waals surface area contributed by atoms with Gasteiger partial charge in [-0.25, -0.2) is 13.6 Å². The number of rotatable bonds is 5. The minimum absolute atomic E-state index is 0.0341. The largest absolute Gasteiger partial charge is 0.377 e. The Morgan fingerprint density at radius 3 is 2.77 bits per heavy atom. The van der Waals surface area contributed by atoms with Crippen LogP contribution in [0.2, 0.25) is 0 Å². The number of benzene rings is 1. The number of primary sulfonamides is 1. The summed E-state index contributed by atoms with van der Waals surface area (Å²) in [5.41, 5.74) is 0.0117. The highest BCUT2D eigenvalue weighted by molar-refractivity contribution is 7.89. The lowest BCUT2D eigenvalue weighted by Gasteiger charge is -2.29. The van der Waals surface area contributed by atoms with Crippen molar-refractivity contribution in [1.29, 1.82) is 0 Å². The second-order valence-electron chi connectivity index (χ2n) is 5.52. The molecule has 0 amide bonds. The van der Waals surface area contributed by atoms with Crippen LogP contribution in [0.15, 0.2) is 23.1 Å². The van der Waals surface area contributed by atoms with Crippen molar-refractivity contribution in [2.45, 2.75) is 30.7 Å². The van der Waals surface area contributed by atoms with Crippen molar-refractivity contribution in [3.8, 4) is 0 Å². The van der Waals surface area contributed by atoms with Gasteiger partial charge in [-0.2, -0.15) is 0 Å². The van der Waals surface area contributed by atoms with Gasteiger partial charge < -0.3 is 10.6 Å². The number of sulfonamides is 1. The number of nitrogens with two attached hydrogens (primary N) is 1. The van der Waals surface area contributed by atoms with Crippen molar-refractivity contribution in [2.24, 2.45) is 11.1 Å². The molecule has 0 bridgehead atoms. The average Bonchev–Trinajstić information content (AvgIpc) is 2.47. The van der Waals surface area contributed by atoms with Gasteiger partial charge in [0, 0.05) is 12.1 Å². The van der Waals surface area contributed by atoms with Crippen molar-refractivity contribution in [3.63, 3.8) is 0 Å². The van der Waals surface area contributed by atoms with E-state index in [-0.39, 0.29) is 16.6 Å². The van der Waals surface area contributed by atoms with E-state index in [9.17, 15) is 18.5 Å². The molecule has 2 atom stereocenters. The number of piperidine rings is 1. The van der Waals surface area contributed by atoms with E-state index in [1.165, 1.54) is 12.1 Å². The molecule has 1 aliphatic heterocycles. The summed E-state index contributed by atoms with van der Waals surface area (Å²) in [5.74, 6) is 0.367. The average molecular weight is 328 g/mol. The van der Waals surface area contributed by atoms with Gasteiger partial charge >= 0.3 is 0 Å². The van der Waals surface area contributed by atoms with E-state index in [2.05, 4.69) is 10.6 Å². The summed E-state index contributed by atoms with van der Waals surface area (Å²) < 4.78 is 22.6. The summed E-state index contributed by atoms with van der Waals surface area (Å²) in [6, 6.07) is 3.69. The predicted octanol–water partition coefficient (Wildman–Crippen LogP) is 1.04. The van der Waals surface area contributed by atoms with Crippen LogP contribution in [0.4, 0.5) is 11.4 Å². The van der Waals surface area contributed by atoms with Crippen LogP contribution >= 0.6 is 0 Å². The maximum Gasteiger partial charge on any atom is 0.293 e. The third-order valence-electron chi connectivity index (χ3n) is 3.92. The molecule has 1 aliphatic rings. The van der Waals surface area contributed by atoms with E-state index in [1.54, 1.807) is 0 Å². The molecule has 0 radical (unpaired) electrons. The lowest BCUT2D eigenvalue weighted by Crippen LogP contribution is -2.38. The molecule has 1 fully saturated rings. The van der Waals surface area contributed by atoms with Crippen LogP contribution in [0.3, 0.4) is 0 Å². The number of hydrogen-bond acceptors (Lipinski definition) is 6. The number of nitrogens with one attached hydrogen (secondary N) is 2. The zero-order valence-corrected chi connectivity index (χ0v) is 13.1. The lowest BCUT2D eigenvalue weighted by molar-refractivity contribution is -0.384. The van der Waals surface area contributed by atoms with Crippen LogP contribution in [-0.4, -0.2) is 32.5 Å². The van der Waals surface area contributed by atoms with Crippen LogP contribution in [0.1, 0.15) is 19.8 Å². The van der Waals surface area contributed by atoms with Gasteiger partial charge in [0.1, 0.15) is 5.69 Å². The number of nitro groups is 1. The number of anilines is 1. The quantitative estimate of drug-likeness (QED) is 0.547. The molecule has 2 unspecified atom stereocenters. The Labute approximate surface area is 129 Å². The molecule has 1 aromatic rings. The molecular formula is C13H20N4O4S. The fourth-order valence-corrected chi connectivity index (χ4v) is 3.16. The highest BCUT2D eigenvalue weighted by Gasteiger charge is 2.24. The zero-order valence-electron chi connectivity index (χ0n) is 12.3. The monoisotopic (exact) mass is 328 g/mol. The first-order chi connectivity index (χ1) is 10.3. The minimum Gasteiger partial charge on any atom is -0.377 e. The third kappa shape index (κ3) is 3.93. The maximum atomic E-state index is 11.3. The van der Waals surface area contributed by atoms with Crippen LogP contribution in [-0.2, 0) is 10.0 Å². The zero-order chi connectivity index (χ0) is 16.3. The van der Waals surface area contributed by atoms with Crippen LogP contribution < -0.4 is 15.8 Å². The van der Waals surface area contributed by atoms with Gasteiger partial charge in [-0.05, 0) is 50.9 Å². The summed E-state index contributed by atoms with van der Waals surface area (Å²) >= 11 is 0. The highest BCUT2D eigenvalue weighted by Crippen LogP contribution is 2.29. The third-order valence-corrected chi connectivity index (χ3v) is 4.83. The molecule has 4 N–H and O–H groups in total. The van der Waals surface area contributed by atoms with Crippen molar-refractivity contribution < 1.29 is 13.3 Å². The molecule has 0 spiro atoms. The molecule has 0 aliphatic carbocycles. The maximum absolute atomic E-state index is 11.3. The first-order valence-corrected chi connectivity index (χ1v) is 8.62. The summed E-state index contributed by atoms with van der Waals surface area (Å²) in [6.45, 7) is 3.82. The molecule has 1 saturated heterocycles. The molecule has 0 aromatic heterocycles. The van der Waals surface area contributed by atoms with Gasteiger partial charge in [0.15, 0.2) is 0 Å². The molecule has 122 valence electrons. The van der Waals surface area contributed by atoms with Crippen molar-refractivity contribution in [3.05, 3.63) is 28.3 Å². The van der Waals surface area contributed by atoms with Crippen LogP contribution in [0.25, 0.3) is 0 Å². The van der Waals surface area contributed by atoms with Crippen molar-refractivity contribution >= 4 is 21.4 Å². The van der Waals surface area contributed by atoms with Gasteiger partial charge in [-0.3, -0.25) is 10.1 Å². The molecule has 1 heterocycles. The topological polar surface area (TPSA) is 127 Å². The summed E-state index contributed by atoms with van der Waals surface area (Å²) in [4.78, 5) is 10.3. The molecule has 8 nitrogen and oxygen atoms in total. The molecule has 2 rings (SSSR count). The van der Waals surface area contributed by atoms with Gasteiger partial charge in [-0.15, -0.1) is 0 Å². The standard InChI is InChI=1S/C13H20N4O4S/c1-9(10-3-2-6-15-8-10)16-12-5-4-11(22(14,20)21)7-13(12)17(18)19/h4-5,7,9-10,15-16H,2-3,6,8H2,1H3,(H2,14,20,21). The van der Waals surface area contributed by atoms with E-state index in [4.69, 9.17) is 5.14 Å². The first-order valence-electron chi connectivity index (χ1n) is 7.07. The summed E-state index contributed by atoms with van der Waals surface area (Å²) in [5, 5.41) is 22.6. The Balaban J connectivity index is 2.24. The second-order valence-corrected chi connectivity index (χ2v) is 7.08. The number of nitro benzene ring substituents is 1. The van der Waals surface area contributed by atoms with Gasteiger partial charge in [-0.1, -0.05) is 0 Å². The van der Waals surface area contributed by atoms with E-state index in [0.717, 1.165) is 32.0 Å². The fourth-order valence-electron chi connectivity index (χ4n) is 2.63. The smallest absolute Gasteiger partial charge is 0.293 e. The minimum atomic E-state index is -3.97. The molecule has 0 saturated carbocycles. The highest BCUT2D eigenvalue weighted by atomic mass is 32.2. The molecular weight excluding hydrogens is 308 g/mol. The number of nitrogens with zero attached hydrogens (tertiary/aromatic N) is 1. The Hall–Kier alpha value is -1.71. The van der Waals surface area contributed by atoms with E-state index < -0.39 is 14.9 Å². The SMILES string of the molecule is CC(Nc1ccc(S(N)(=O)=O)cc1[N+](=O)[O-])C1CCCNC1. The summed E-state index contributed by atoms with van der Waals surface area (Å²) in [7, 11) is -3.97. The Morgan fingerprint density at radius 1 is 1.50 bits per heavy atom. The molecule has 1 aromatic carbocycles. The van der Waals surface area contributed by atoms with Gasteiger partial charge in [0.2, 0.25) is 10.0 Å². The van der Waals surface area contributed by atoms with E-state index >= 15 is 0 Å². The Bertz CT molecular complexity index is 656. The van der Waals surface area contributed by atoms with Crippen LogP contribution in [0, 0.1) is 16.0 Å². The van der Waals surface area contributed by atoms with Gasteiger partial charge in [0.25, 0.3) is 5.69 Å². The van der Waals surface area contributed by atoms with Crippen molar-refractivity contribution in [2.75, 3.05) is 18.4 Å². The van der Waals surface area contributed by atoms with Crippen molar-refractivity contribution in [1.82, 2.24) is 5.32 Å². The molecule has 22 heavy (non-hydrogen) atoms. The summed E-state index contributed by atoms with van der Waals surface area (Å²) in [6.07, 6.45) is 2.12. The Kier molecular flexibility index (Phi) is 4.99.